The number of amides is 2. The van der Waals surface area contributed by atoms with Gasteiger partial charge in [0.25, 0.3) is 5.91 Å². The van der Waals surface area contributed by atoms with Crippen LogP contribution >= 0.6 is 15.9 Å². The number of fused-ring (bicyclic) bond motifs is 3. The number of carbonyl (C=O) groups excluding carboxylic acids is 2. The molecule has 180 valence electrons. The molecule has 0 aliphatic heterocycles. The summed E-state index contributed by atoms with van der Waals surface area (Å²) in [5.41, 5.74) is 4.83. The largest absolute Gasteiger partial charge is 0.479 e. The smallest absolute Gasteiger partial charge is 0.411 e. The molecule has 0 fully saturated rings. The zero-order chi connectivity index (χ0) is 24.9. The van der Waals surface area contributed by atoms with Gasteiger partial charge < -0.3 is 20.3 Å². The van der Waals surface area contributed by atoms with Gasteiger partial charge in [-0.25, -0.2) is 9.59 Å². The highest BCUT2D eigenvalue weighted by atomic mass is 79.9. The van der Waals surface area contributed by atoms with Crippen molar-refractivity contribution in [2.24, 2.45) is 0 Å². The summed E-state index contributed by atoms with van der Waals surface area (Å²) in [6, 6.07) is 20.8. The van der Waals surface area contributed by atoms with Gasteiger partial charge in [-0.05, 0) is 40.5 Å². The molecule has 0 radical (unpaired) electrons. The lowest BCUT2D eigenvalue weighted by atomic mass is 9.98. The van der Waals surface area contributed by atoms with Crippen LogP contribution in [0.3, 0.4) is 0 Å². The van der Waals surface area contributed by atoms with Crippen LogP contribution in [-0.2, 0) is 9.53 Å². The fraction of sp³-hybridized carbons (Fsp3) is 0.192. The summed E-state index contributed by atoms with van der Waals surface area (Å²) < 4.78 is 6.20. The van der Waals surface area contributed by atoms with Crippen LogP contribution < -0.4 is 10.6 Å². The van der Waals surface area contributed by atoms with E-state index in [1.807, 2.05) is 36.4 Å². The number of carbonyl (C=O) groups is 3. The molecule has 0 bridgehead atoms. The van der Waals surface area contributed by atoms with Crippen LogP contribution in [0.1, 0.15) is 33.8 Å². The van der Waals surface area contributed by atoms with Crippen LogP contribution in [0.25, 0.3) is 11.1 Å². The first-order valence-electron chi connectivity index (χ1n) is 11.0. The molecular formula is C26H23BrN2O6. The number of aliphatic hydroxyl groups is 1. The van der Waals surface area contributed by atoms with Crippen molar-refractivity contribution in [3.05, 3.63) is 87.9 Å². The van der Waals surface area contributed by atoms with Crippen molar-refractivity contribution >= 4 is 39.6 Å². The van der Waals surface area contributed by atoms with E-state index < -0.39 is 24.1 Å². The highest BCUT2D eigenvalue weighted by Crippen LogP contribution is 2.44. The van der Waals surface area contributed by atoms with E-state index in [0.717, 1.165) is 22.3 Å². The number of hydrogen-bond acceptors (Lipinski definition) is 5. The standard InChI is InChI=1S/C26H23BrN2O6/c27-15-9-10-20(24(31)28-12-11-23(30)25(32)33)22(13-15)29-26(34)35-14-21-18-7-3-1-5-16(18)17-6-2-4-8-19(17)21/h1-10,13,21,23,30H,11-12,14H2,(H,28,31)(H,29,34)(H,32,33)/t23-/m0/s1. The molecule has 1 atom stereocenters. The average Bonchev–Trinajstić information content (AvgIpc) is 3.16. The Kier molecular flexibility index (Phi) is 7.48. The molecule has 2 amide bonds. The Morgan fingerprint density at radius 2 is 1.60 bits per heavy atom. The van der Waals surface area contributed by atoms with Gasteiger partial charge in [-0.15, -0.1) is 0 Å². The fourth-order valence-electron chi connectivity index (χ4n) is 4.10. The van der Waals surface area contributed by atoms with Crippen LogP contribution in [0.2, 0.25) is 0 Å². The SMILES string of the molecule is O=C(Nc1cc(Br)ccc1C(=O)NCC[C@H](O)C(=O)O)OCC1c2ccccc2-c2ccccc21. The molecule has 0 saturated carbocycles. The number of ether oxygens (including phenoxy) is 1. The third-order valence-electron chi connectivity index (χ3n) is 5.80. The molecule has 4 rings (SSSR count). The van der Waals surface area contributed by atoms with E-state index in [-0.39, 0.29) is 36.7 Å². The van der Waals surface area contributed by atoms with Crippen LogP contribution in [0, 0.1) is 0 Å². The van der Waals surface area contributed by atoms with Crippen molar-refractivity contribution in [2.45, 2.75) is 18.4 Å². The lowest BCUT2D eigenvalue weighted by molar-refractivity contribution is -0.146. The number of anilines is 1. The van der Waals surface area contributed by atoms with Crippen LogP contribution in [0.5, 0.6) is 0 Å². The Hall–Kier alpha value is -3.69. The summed E-state index contributed by atoms with van der Waals surface area (Å²) >= 11 is 3.33. The van der Waals surface area contributed by atoms with E-state index in [1.54, 1.807) is 12.1 Å². The normalized spacial score (nSPS) is 12.9. The van der Waals surface area contributed by atoms with E-state index in [1.165, 1.54) is 6.07 Å². The number of nitrogens with one attached hydrogen (secondary N) is 2. The van der Waals surface area contributed by atoms with Gasteiger partial charge in [-0.3, -0.25) is 10.1 Å². The summed E-state index contributed by atoms with van der Waals surface area (Å²) in [5, 5.41) is 23.3. The molecule has 3 aromatic rings. The Balaban J connectivity index is 1.42. The van der Waals surface area contributed by atoms with Crippen molar-refractivity contribution in [1.82, 2.24) is 5.32 Å². The first-order valence-corrected chi connectivity index (χ1v) is 11.7. The van der Waals surface area contributed by atoms with Crippen molar-refractivity contribution < 1.29 is 29.3 Å². The zero-order valence-electron chi connectivity index (χ0n) is 18.5. The van der Waals surface area contributed by atoms with Crippen LogP contribution in [0.4, 0.5) is 10.5 Å². The van der Waals surface area contributed by atoms with Gasteiger partial charge in [0.05, 0.1) is 11.3 Å². The van der Waals surface area contributed by atoms with Crippen LogP contribution in [0.15, 0.2) is 71.2 Å². The van der Waals surface area contributed by atoms with Gasteiger partial charge in [0.2, 0.25) is 0 Å². The highest BCUT2D eigenvalue weighted by Gasteiger charge is 2.29. The second-order valence-electron chi connectivity index (χ2n) is 8.04. The second-order valence-corrected chi connectivity index (χ2v) is 8.95. The van der Waals surface area contributed by atoms with Crippen molar-refractivity contribution in [3.8, 4) is 11.1 Å². The number of carboxylic acid groups (broad SMARTS) is 1. The number of carboxylic acids is 1. The topological polar surface area (TPSA) is 125 Å². The van der Waals surface area contributed by atoms with Crippen molar-refractivity contribution in [1.29, 1.82) is 0 Å². The predicted octanol–water partition coefficient (Wildman–Crippen LogP) is 4.38. The van der Waals surface area contributed by atoms with E-state index >= 15 is 0 Å². The van der Waals surface area contributed by atoms with Gasteiger partial charge in [0.1, 0.15) is 6.61 Å². The third kappa shape index (κ3) is 5.52. The maximum Gasteiger partial charge on any atom is 0.411 e. The van der Waals surface area contributed by atoms with E-state index in [2.05, 4.69) is 38.7 Å². The first-order chi connectivity index (χ1) is 16.8. The minimum atomic E-state index is -1.57. The molecule has 9 heteroatoms. The zero-order valence-corrected chi connectivity index (χ0v) is 20.1. The molecule has 0 spiro atoms. The number of aliphatic carboxylic acids is 1. The Morgan fingerprint density at radius 1 is 0.971 bits per heavy atom. The Bertz CT molecular complexity index is 1230. The van der Waals surface area contributed by atoms with Gasteiger partial charge >= 0.3 is 12.1 Å². The van der Waals surface area contributed by atoms with E-state index in [0.29, 0.717) is 4.47 Å². The summed E-state index contributed by atoms with van der Waals surface area (Å²) in [7, 11) is 0. The second kappa shape index (κ2) is 10.7. The Morgan fingerprint density at radius 3 is 2.23 bits per heavy atom. The molecule has 1 aliphatic carbocycles. The molecule has 0 aromatic heterocycles. The van der Waals surface area contributed by atoms with Gasteiger partial charge in [0.15, 0.2) is 6.10 Å². The van der Waals surface area contributed by atoms with Crippen molar-refractivity contribution in [2.75, 3.05) is 18.5 Å². The molecule has 8 nitrogen and oxygen atoms in total. The molecule has 0 unspecified atom stereocenters. The van der Waals surface area contributed by atoms with Crippen LogP contribution in [-0.4, -0.2) is 47.4 Å². The predicted molar refractivity (Wildman–Crippen MR) is 133 cm³/mol. The van der Waals surface area contributed by atoms with Gasteiger partial charge in [-0.2, -0.15) is 0 Å². The quantitative estimate of drug-likeness (QED) is 0.337. The lowest BCUT2D eigenvalue weighted by Crippen LogP contribution is -2.30. The number of hydrogen-bond donors (Lipinski definition) is 4. The summed E-state index contributed by atoms with van der Waals surface area (Å²) in [4.78, 5) is 36.0. The average molecular weight is 539 g/mol. The maximum atomic E-state index is 12.7. The highest BCUT2D eigenvalue weighted by molar-refractivity contribution is 9.10. The third-order valence-corrected chi connectivity index (χ3v) is 6.29. The number of benzene rings is 3. The van der Waals surface area contributed by atoms with Gasteiger partial charge in [0, 0.05) is 23.4 Å². The molecule has 0 saturated heterocycles. The van der Waals surface area contributed by atoms with E-state index in [4.69, 9.17) is 9.84 Å². The summed E-state index contributed by atoms with van der Waals surface area (Å²) in [6.07, 6.45) is -2.42. The van der Waals surface area contributed by atoms with Crippen molar-refractivity contribution in [3.63, 3.8) is 0 Å². The first kappa shape index (κ1) is 24.4. The molecule has 35 heavy (non-hydrogen) atoms. The minimum Gasteiger partial charge on any atom is -0.479 e. The minimum absolute atomic E-state index is 0.0489. The van der Waals surface area contributed by atoms with Gasteiger partial charge in [-0.1, -0.05) is 64.5 Å². The fourth-order valence-corrected chi connectivity index (χ4v) is 4.46. The molecule has 3 aromatic carbocycles. The number of rotatable bonds is 8. The summed E-state index contributed by atoms with van der Waals surface area (Å²) in [5.74, 6) is -1.98. The molecule has 4 N–H and O–H groups in total. The maximum absolute atomic E-state index is 12.7. The number of halogens is 1. The monoisotopic (exact) mass is 538 g/mol. The Labute approximate surface area is 210 Å². The summed E-state index contributed by atoms with van der Waals surface area (Å²) in [6.45, 7) is 0.0786. The van der Waals surface area contributed by atoms with E-state index in [9.17, 15) is 19.5 Å². The molecule has 1 aliphatic rings. The number of aliphatic hydroxyl groups excluding tert-OH is 1. The molecular weight excluding hydrogens is 516 g/mol. The molecule has 0 heterocycles. The lowest BCUT2D eigenvalue weighted by Gasteiger charge is -2.16.